The second kappa shape index (κ2) is 7.14. The summed E-state index contributed by atoms with van der Waals surface area (Å²) in [6.07, 6.45) is 0. The molecule has 0 heterocycles. The molecule has 0 aliphatic heterocycles. The normalized spacial score (nSPS) is 9.71. The number of hydrogen-bond donors (Lipinski definition) is 0. The lowest BCUT2D eigenvalue weighted by atomic mass is 10.0. The van der Waals surface area contributed by atoms with Crippen molar-refractivity contribution in [3.63, 3.8) is 0 Å². The average molecular weight is 325 g/mol. The van der Waals surface area contributed by atoms with Crippen LogP contribution in [-0.2, 0) is 0 Å². The fourth-order valence-corrected chi connectivity index (χ4v) is 3.03. The van der Waals surface area contributed by atoms with E-state index in [0.29, 0.717) is 5.56 Å². The highest BCUT2D eigenvalue weighted by molar-refractivity contribution is 7.27. The molecule has 0 N–H and O–H groups in total. The van der Waals surface area contributed by atoms with Gasteiger partial charge >= 0.3 is 0 Å². The van der Waals surface area contributed by atoms with Crippen LogP contribution in [0.2, 0.25) is 0 Å². The van der Waals surface area contributed by atoms with E-state index >= 15 is 0 Å². The van der Waals surface area contributed by atoms with Gasteiger partial charge in [0.05, 0.1) is 5.56 Å². The van der Waals surface area contributed by atoms with Gasteiger partial charge in [0.2, 0.25) is 0 Å². The zero-order valence-electron chi connectivity index (χ0n) is 13.4. The summed E-state index contributed by atoms with van der Waals surface area (Å²) in [5.74, 6) is 6.37. The van der Waals surface area contributed by atoms with Gasteiger partial charge in [-0.05, 0) is 53.2 Å². The smallest absolute Gasteiger partial charge is 0.100 e. The number of rotatable bonds is 1. The molecule has 3 rings (SSSR count). The largest absolute Gasteiger partial charge is 0.192 e. The summed E-state index contributed by atoms with van der Waals surface area (Å²) in [5, 5.41) is 10.0. The van der Waals surface area contributed by atoms with Crippen molar-refractivity contribution in [2.75, 3.05) is 0 Å². The molecule has 24 heavy (non-hydrogen) atoms. The lowest BCUT2D eigenvalue weighted by Gasteiger charge is -2.02. The molecule has 0 bridgehead atoms. The second-order valence-electron chi connectivity index (χ2n) is 5.56. The molecule has 2 heteroatoms. The van der Waals surface area contributed by atoms with E-state index in [1.807, 2.05) is 49.4 Å². The van der Waals surface area contributed by atoms with E-state index in [2.05, 4.69) is 51.4 Å². The Kier molecular flexibility index (Phi) is 4.77. The predicted octanol–water partition coefficient (Wildman–Crippen LogP) is 4.43. The Morgan fingerprint density at radius 3 is 2.04 bits per heavy atom. The van der Waals surface area contributed by atoms with Crippen LogP contribution < -0.4 is 5.30 Å². The van der Waals surface area contributed by atoms with E-state index in [-0.39, 0.29) is 0 Å². The highest BCUT2D eigenvalue weighted by Gasteiger charge is 2.03. The molecule has 1 atom stereocenters. The first kappa shape index (κ1) is 16.0. The van der Waals surface area contributed by atoms with Crippen LogP contribution in [0.5, 0.6) is 0 Å². The molecule has 0 amide bonds. The van der Waals surface area contributed by atoms with Gasteiger partial charge in [-0.1, -0.05) is 54.3 Å². The van der Waals surface area contributed by atoms with Crippen molar-refractivity contribution >= 4 is 14.5 Å². The molecular weight excluding hydrogens is 309 g/mol. The lowest BCUT2D eigenvalue weighted by molar-refractivity contribution is 1.40. The van der Waals surface area contributed by atoms with Gasteiger partial charge in [-0.2, -0.15) is 5.26 Å². The minimum atomic E-state index is 0.706. The minimum Gasteiger partial charge on any atom is -0.192 e. The van der Waals surface area contributed by atoms with E-state index in [1.54, 1.807) is 0 Å². The quantitative estimate of drug-likeness (QED) is 0.479. The number of nitrogens with zero attached hydrogens (tertiary/aromatic N) is 1. The summed E-state index contributed by atoms with van der Waals surface area (Å²) in [6, 6.07) is 24.6. The number of benzene rings is 3. The van der Waals surface area contributed by atoms with Crippen LogP contribution in [0.4, 0.5) is 0 Å². The Bertz CT molecular complexity index is 945. The maximum absolute atomic E-state index is 9.12. The molecule has 1 nitrogen and oxygen atoms in total. The SMILES string of the molecule is Cc1cc(C#Cc2ccc(-c3ccccc3)cc2)cc(P)c1C#N. The van der Waals surface area contributed by atoms with Crippen molar-refractivity contribution in [2.45, 2.75) is 6.92 Å². The van der Waals surface area contributed by atoms with Crippen molar-refractivity contribution in [3.05, 3.63) is 89.0 Å². The molecule has 0 aliphatic rings. The van der Waals surface area contributed by atoms with Gasteiger partial charge in [0.1, 0.15) is 6.07 Å². The van der Waals surface area contributed by atoms with Gasteiger partial charge in [0, 0.05) is 11.1 Å². The zero-order chi connectivity index (χ0) is 16.9. The Balaban J connectivity index is 1.86. The third-order valence-electron chi connectivity index (χ3n) is 3.82. The van der Waals surface area contributed by atoms with E-state index in [1.165, 1.54) is 11.1 Å². The molecule has 0 fully saturated rings. The fourth-order valence-electron chi connectivity index (χ4n) is 2.56. The Morgan fingerprint density at radius 1 is 0.792 bits per heavy atom. The summed E-state index contributed by atoms with van der Waals surface area (Å²) in [7, 11) is 2.61. The minimum absolute atomic E-state index is 0.706. The summed E-state index contributed by atoms with van der Waals surface area (Å²) in [4.78, 5) is 0. The Labute approximate surface area is 145 Å². The molecular formula is C22H16NP. The molecule has 114 valence electrons. The monoisotopic (exact) mass is 325 g/mol. The van der Waals surface area contributed by atoms with Gasteiger partial charge in [-0.15, -0.1) is 9.24 Å². The fraction of sp³-hybridized carbons (Fsp3) is 0.0455. The highest BCUT2D eigenvalue weighted by Crippen LogP contribution is 2.19. The zero-order valence-corrected chi connectivity index (χ0v) is 14.5. The topological polar surface area (TPSA) is 23.8 Å². The van der Waals surface area contributed by atoms with Crippen molar-refractivity contribution in [2.24, 2.45) is 0 Å². The first-order valence-electron chi connectivity index (χ1n) is 7.65. The summed E-state index contributed by atoms with van der Waals surface area (Å²) in [6.45, 7) is 1.94. The Hall–Kier alpha value is -2.86. The van der Waals surface area contributed by atoms with Gasteiger partial charge in [0.25, 0.3) is 0 Å². The number of hydrogen-bond acceptors (Lipinski definition) is 1. The van der Waals surface area contributed by atoms with Crippen molar-refractivity contribution < 1.29 is 0 Å². The summed E-state index contributed by atoms with van der Waals surface area (Å²) < 4.78 is 0. The third kappa shape index (κ3) is 3.55. The van der Waals surface area contributed by atoms with Crippen LogP contribution in [0.3, 0.4) is 0 Å². The van der Waals surface area contributed by atoms with E-state index in [4.69, 9.17) is 5.26 Å². The number of nitriles is 1. The highest BCUT2D eigenvalue weighted by atomic mass is 31.0. The van der Waals surface area contributed by atoms with Gasteiger partial charge in [0.15, 0.2) is 0 Å². The van der Waals surface area contributed by atoms with Crippen LogP contribution in [0.15, 0.2) is 66.7 Å². The van der Waals surface area contributed by atoms with Gasteiger partial charge in [-0.25, -0.2) is 0 Å². The van der Waals surface area contributed by atoms with Gasteiger partial charge < -0.3 is 0 Å². The van der Waals surface area contributed by atoms with Crippen LogP contribution in [0, 0.1) is 30.1 Å². The van der Waals surface area contributed by atoms with Crippen LogP contribution in [-0.4, -0.2) is 0 Å². The number of aryl methyl sites for hydroxylation is 1. The second-order valence-corrected chi connectivity index (χ2v) is 6.18. The molecule has 1 unspecified atom stereocenters. The van der Waals surface area contributed by atoms with Crippen LogP contribution >= 0.6 is 9.24 Å². The molecule has 0 aromatic heterocycles. The van der Waals surface area contributed by atoms with E-state index in [9.17, 15) is 0 Å². The first-order valence-corrected chi connectivity index (χ1v) is 8.23. The van der Waals surface area contributed by atoms with E-state index in [0.717, 1.165) is 22.0 Å². The van der Waals surface area contributed by atoms with Crippen LogP contribution in [0.1, 0.15) is 22.3 Å². The third-order valence-corrected chi connectivity index (χ3v) is 4.28. The molecule has 3 aromatic carbocycles. The van der Waals surface area contributed by atoms with Crippen molar-refractivity contribution in [1.82, 2.24) is 0 Å². The van der Waals surface area contributed by atoms with Gasteiger partial charge in [-0.3, -0.25) is 0 Å². The maximum Gasteiger partial charge on any atom is 0.100 e. The standard InChI is InChI=1S/C22H16NP/c1-16-13-18(14-22(24)21(16)15-23)8-7-17-9-11-20(12-10-17)19-5-3-2-4-6-19/h2-6,9-14H,24H2,1H3. The van der Waals surface area contributed by atoms with Crippen molar-refractivity contribution in [1.29, 1.82) is 5.26 Å². The van der Waals surface area contributed by atoms with Crippen molar-refractivity contribution in [3.8, 4) is 29.0 Å². The van der Waals surface area contributed by atoms with Crippen LogP contribution in [0.25, 0.3) is 11.1 Å². The molecule has 0 saturated heterocycles. The molecule has 0 radical (unpaired) electrons. The molecule has 3 aromatic rings. The Morgan fingerprint density at radius 2 is 1.42 bits per heavy atom. The van der Waals surface area contributed by atoms with E-state index < -0.39 is 0 Å². The first-order chi connectivity index (χ1) is 11.7. The molecule has 0 aliphatic carbocycles. The maximum atomic E-state index is 9.12. The molecule has 0 saturated carbocycles. The summed E-state index contributed by atoms with van der Waals surface area (Å²) >= 11 is 0. The molecule has 0 spiro atoms. The predicted molar refractivity (Wildman–Crippen MR) is 103 cm³/mol. The average Bonchev–Trinajstić information content (AvgIpc) is 2.61. The summed E-state index contributed by atoms with van der Waals surface area (Å²) in [5.41, 5.74) is 5.94. The lowest BCUT2D eigenvalue weighted by Crippen LogP contribution is -2.01.